The largest absolute Gasteiger partial charge is 0.353 e. The average Bonchev–Trinajstić information content (AvgIpc) is 3.40. The Kier molecular flexibility index (Phi) is 7.90. The van der Waals surface area contributed by atoms with Gasteiger partial charge in [0.05, 0.1) is 41.8 Å². The summed E-state index contributed by atoms with van der Waals surface area (Å²) in [5.74, 6) is 0.403. The number of carbonyl (C=O) groups excluding carboxylic acids is 1. The summed E-state index contributed by atoms with van der Waals surface area (Å²) in [7, 11) is 0. The predicted octanol–water partition coefficient (Wildman–Crippen LogP) is 5.42. The number of anilines is 1. The molecule has 10 heteroatoms. The van der Waals surface area contributed by atoms with Crippen LogP contribution in [-0.2, 0) is 14.3 Å². The number of ether oxygens (including phenoxy) is 2. The summed E-state index contributed by atoms with van der Waals surface area (Å²) in [5, 5.41) is 6.27. The van der Waals surface area contributed by atoms with Crippen LogP contribution in [0.15, 0.2) is 66.9 Å². The maximum atomic E-state index is 13.7. The second-order valence-corrected chi connectivity index (χ2v) is 10.5. The van der Waals surface area contributed by atoms with Gasteiger partial charge in [-0.15, -0.1) is 0 Å². The molecule has 9 nitrogen and oxygen atoms in total. The highest BCUT2D eigenvalue weighted by molar-refractivity contribution is 5.83. The predicted molar refractivity (Wildman–Crippen MR) is 150 cm³/mol. The van der Waals surface area contributed by atoms with Crippen LogP contribution in [0.2, 0.25) is 0 Å². The van der Waals surface area contributed by atoms with Crippen molar-refractivity contribution in [1.29, 1.82) is 0 Å². The summed E-state index contributed by atoms with van der Waals surface area (Å²) in [5.41, 5.74) is 2.74. The van der Waals surface area contributed by atoms with Crippen LogP contribution in [0.25, 0.3) is 22.6 Å². The lowest BCUT2D eigenvalue weighted by Crippen LogP contribution is -2.50. The Labute approximate surface area is 232 Å². The van der Waals surface area contributed by atoms with Crippen LogP contribution in [0.3, 0.4) is 0 Å². The van der Waals surface area contributed by atoms with Gasteiger partial charge in [-0.1, -0.05) is 30.3 Å². The minimum Gasteiger partial charge on any atom is -0.353 e. The fourth-order valence-electron chi connectivity index (χ4n) is 4.43. The third-order valence-corrected chi connectivity index (χ3v) is 6.69. The van der Waals surface area contributed by atoms with E-state index in [1.165, 1.54) is 12.1 Å². The molecule has 1 fully saturated rings. The van der Waals surface area contributed by atoms with E-state index in [-0.39, 0.29) is 37.0 Å². The van der Waals surface area contributed by atoms with Crippen LogP contribution >= 0.6 is 0 Å². The Hall–Kier alpha value is -4.15. The van der Waals surface area contributed by atoms with Crippen molar-refractivity contribution in [2.75, 3.05) is 18.5 Å². The fourth-order valence-corrected chi connectivity index (χ4v) is 4.43. The zero-order valence-electron chi connectivity index (χ0n) is 22.9. The van der Waals surface area contributed by atoms with E-state index in [1.54, 1.807) is 24.4 Å². The third kappa shape index (κ3) is 6.03. The molecule has 40 heavy (non-hydrogen) atoms. The number of aromatic nitrogens is 4. The summed E-state index contributed by atoms with van der Waals surface area (Å²) < 4.78 is 25.7. The number of benzene rings is 2. The van der Waals surface area contributed by atoms with Gasteiger partial charge in [-0.05, 0) is 63.6 Å². The molecule has 0 spiro atoms. The number of rotatable bonds is 8. The second-order valence-electron chi connectivity index (χ2n) is 10.5. The van der Waals surface area contributed by atoms with Gasteiger partial charge in [-0.2, -0.15) is 0 Å². The maximum absolute atomic E-state index is 13.7. The molecule has 0 aliphatic carbocycles. The average molecular weight is 545 g/mol. The van der Waals surface area contributed by atoms with Crippen LogP contribution in [0.4, 0.5) is 10.3 Å². The Morgan fingerprint density at radius 2 is 1.73 bits per heavy atom. The van der Waals surface area contributed by atoms with Crippen molar-refractivity contribution in [1.82, 2.24) is 25.3 Å². The van der Waals surface area contributed by atoms with Crippen molar-refractivity contribution in [2.24, 2.45) is 5.41 Å². The van der Waals surface area contributed by atoms with Crippen LogP contribution in [0.1, 0.15) is 51.4 Å². The van der Waals surface area contributed by atoms with Crippen LogP contribution < -0.4 is 10.6 Å². The highest BCUT2D eigenvalue weighted by Gasteiger charge is 2.41. The summed E-state index contributed by atoms with van der Waals surface area (Å²) in [6.07, 6.45) is 0.856. The Bertz CT molecular complexity index is 1450. The number of nitrogens with one attached hydrogen (secondary N) is 3. The number of hydrogen-bond acceptors (Lipinski definition) is 7. The molecular weight excluding hydrogens is 511 g/mol. The molecule has 2 aromatic heterocycles. The third-order valence-electron chi connectivity index (χ3n) is 6.69. The van der Waals surface area contributed by atoms with Crippen molar-refractivity contribution in [3.63, 3.8) is 0 Å². The molecule has 3 heterocycles. The van der Waals surface area contributed by atoms with Gasteiger partial charge in [0.2, 0.25) is 18.1 Å². The monoisotopic (exact) mass is 544 g/mol. The van der Waals surface area contributed by atoms with Gasteiger partial charge < -0.3 is 25.1 Å². The summed E-state index contributed by atoms with van der Waals surface area (Å²) in [6, 6.07) is 17.9. The number of imidazole rings is 1. The first-order valence-corrected chi connectivity index (χ1v) is 13.3. The molecule has 0 radical (unpaired) electrons. The summed E-state index contributed by atoms with van der Waals surface area (Å²) in [6.45, 7) is 7.99. The van der Waals surface area contributed by atoms with Crippen molar-refractivity contribution in [3.05, 3.63) is 84.1 Å². The number of H-pyrrole nitrogens is 1. The van der Waals surface area contributed by atoms with E-state index in [1.807, 2.05) is 58.0 Å². The topological polar surface area (TPSA) is 114 Å². The van der Waals surface area contributed by atoms with Crippen LogP contribution in [0, 0.1) is 11.2 Å². The lowest BCUT2D eigenvalue weighted by atomic mass is 9.90. The summed E-state index contributed by atoms with van der Waals surface area (Å²) >= 11 is 0. The molecule has 1 aliphatic heterocycles. The first-order chi connectivity index (χ1) is 19.2. The standard InChI is InChI=1S/C30H33FN6O3/c1-18(2)33-28(38)30(4)16-39-27(40-17-30)26-36-24(21-10-12-22(31)13-11-21)25(37-26)23-14-15-32-29(35-23)34-19(3)20-8-6-5-7-9-20/h5-15,18-19,27H,16-17H2,1-4H3,(H,33,38)(H,36,37)(H,32,34,35). The number of nitrogens with zero attached hydrogens (tertiary/aromatic N) is 3. The molecule has 3 N–H and O–H groups in total. The Morgan fingerprint density at radius 3 is 2.40 bits per heavy atom. The highest BCUT2D eigenvalue weighted by atomic mass is 19.1. The molecule has 2 aromatic carbocycles. The first kappa shape index (κ1) is 27.4. The van der Waals surface area contributed by atoms with Gasteiger partial charge in [-0.3, -0.25) is 4.79 Å². The summed E-state index contributed by atoms with van der Waals surface area (Å²) in [4.78, 5) is 29.9. The van der Waals surface area contributed by atoms with Gasteiger partial charge in [0.15, 0.2) is 5.82 Å². The molecule has 4 aromatic rings. The number of halogens is 1. The lowest BCUT2D eigenvalue weighted by molar-refractivity contribution is -0.231. The lowest BCUT2D eigenvalue weighted by Gasteiger charge is -2.35. The minimum absolute atomic E-state index is 0.0101. The van der Waals surface area contributed by atoms with Gasteiger partial charge in [0.25, 0.3) is 0 Å². The van der Waals surface area contributed by atoms with Crippen LogP contribution in [-0.4, -0.2) is 45.1 Å². The fraction of sp³-hybridized carbons (Fsp3) is 0.333. The zero-order chi connectivity index (χ0) is 28.3. The molecule has 1 unspecified atom stereocenters. The Morgan fingerprint density at radius 1 is 1.02 bits per heavy atom. The van der Waals surface area contributed by atoms with Crippen molar-refractivity contribution >= 4 is 11.9 Å². The van der Waals surface area contributed by atoms with Gasteiger partial charge in [0, 0.05) is 17.8 Å². The molecule has 208 valence electrons. The van der Waals surface area contributed by atoms with Crippen molar-refractivity contribution < 1.29 is 18.7 Å². The van der Waals surface area contributed by atoms with Gasteiger partial charge in [-0.25, -0.2) is 19.3 Å². The van der Waals surface area contributed by atoms with Gasteiger partial charge in [0.1, 0.15) is 5.82 Å². The zero-order valence-corrected chi connectivity index (χ0v) is 22.9. The van der Waals surface area contributed by atoms with Crippen molar-refractivity contribution in [3.8, 4) is 22.6 Å². The molecular formula is C30H33FN6O3. The van der Waals surface area contributed by atoms with E-state index in [0.717, 1.165) is 5.56 Å². The smallest absolute Gasteiger partial charge is 0.230 e. The number of amides is 1. The normalized spacial score (nSPS) is 19.8. The van der Waals surface area contributed by atoms with Gasteiger partial charge >= 0.3 is 0 Å². The van der Waals surface area contributed by atoms with Crippen molar-refractivity contribution in [2.45, 2.75) is 46.1 Å². The molecule has 0 bridgehead atoms. The van der Waals surface area contributed by atoms with E-state index in [9.17, 15) is 9.18 Å². The minimum atomic E-state index is -0.821. The van der Waals surface area contributed by atoms with Crippen LogP contribution in [0.5, 0.6) is 0 Å². The van der Waals surface area contributed by atoms with E-state index < -0.39 is 11.7 Å². The maximum Gasteiger partial charge on any atom is 0.230 e. The molecule has 1 aliphatic rings. The SMILES string of the molecule is CC(C)NC(=O)C1(C)COC(c2nc(-c3ccc(F)cc3)c(-c3ccnc(NC(C)c4ccccc4)n3)[nH]2)OC1. The second kappa shape index (κ2) is 11.5. The first-order valence-electron chi connectivity index (χ1n) is 13.3. The number of aromatic amines is 1. The van der Waals surface area contributed by atoms with E-state index in [4.69, 9.17) is 19.4 Å². The Balaban J connectivity index is 1.43. The van der Waals surface area contributed by atoms with E-state index >= 15 is 0 Å². The molecule has 1 saturated heterocycles. The molecule has 5 rings (SSSR count). The molecule has 1 amide bonds. The quantitative estimate of drug-likeness (QED) is 0.271. The number of hydrogen-bond donors (Lipinski definition) is 3. The van der Waals surface area contributed by atoms with E-state index in [0.29, 0.717) is 34.4 Å². The molecule has 0 saturated carbocycles. The molecule has 1 atom stereocenters. The van der Waals surface area contributed by atoms with E-state index in [2.05, 4.69) is 20.6 Å². The highest BCUT2D eigenvalue weighted by Crippen LogP contribution is 2.35. The number of carbonyl (C=O) groups is 1.